The number of hydrogen-bond donors (Lipinski definition) is 1. The van der Waals surface area contributed by atoms with E-state index in [-0.39, 0.29) is 18.6 Å². The lowest BCUT2D eigenvalue weighted by atomic mass is 10.2. The standard InChI is InChI=1S/C20H17N3O4/c1-13(18-10-15-4-2-3-5-17(15)27-18)22-19(24)11-25-16-8-6-14(7-9-16)20-23-21-12-26-20/h2-10,12-13H,11H2,1H3,(H,22,24)/t13-/m1/s1. The average Bonchev–Trinajstić information content (AvgIpc) is 3.36. The minimum absolute atomic E-state index is 0.0928. The molecule has 7 heteroatoms. The van der Waals surface area contributed by atoms with Crippen LogP contribution >= 0.6 is 0 Å². The molecular formula is C20H17N3O4. The van der Waals surface area contributed by atoms with Crippen molar-refractivity contribution < 1.29 is 18.4 Å². The fourth-order valence-corrected chi connectivity index (χ4v) is 2.71. The Morgan fingerprint density at radius 1 is 1.19 bits per heavy atom. The summed E-state index contributed by atoms with van der Waals surface area (Å²) < 4.78 is 16.4. The molecule has 4 rings (SSSR count). The highest BCUT2D eigenvalue weighted by Crippen LogP contribution is 2.23. The van der Waals surface area contributed by atoms with Crippen molar-refractivity contribution in [2.24, 2.45) is 0 Å². The van der Waals surface area contributed by atoms with E-state index in [1.165, 1.54) is 6.39 Å². The van der Waals surface area contributed by atoms with E-state index in [1.807, 2.05) is 37.3 Å². The fourth-order valence-electron chi connectivity index (χ4n) is 2.71. The van der Waals surface area contributed by atoms with Gasteiger partial charge in [0.05, 0.1) is 6.04 Å². The number of para-hydroxylation sites is 1. The first-order valence-electron chi connectivity index (χ1n) is 8.46. The number of hydrogen-bond acceptors (Lipinski definition) is 6. The maximum absolute atomic E-state index is 12.2. The Morgan fingerprint density at radius 2 is 2.00 bits per heavy atom. The Kier molecular flexibility index (Phi) is 4.57. The average molecular weight is 363 g/mol. The van der Waals surface area contributed by atoms with E-state index in [1.54, 1.807) is 24.3 Å². The summed E-state index contributed by atoms with van der Waals surface area (Å²) in [6, 6.07) is 16.5. The third kappa shape index (κ3) is 3.82. The smallest absolute Gasteiger partial charge is 0.258 e. The van der Waals surface area contributed by atoms with E-state index in [9.17, 15) is 4.79 Å². The Balaban J connectivity index is 1.32. The number of carbonyl (C=O) groups excluding carboxylic acids is 1. The summed E-state index contributed by atoms with van der Waals surface area (Å²) in [7, 11) is 0. The summed E-state index contributed by atoms with van der Waals surface area (Å²) in [5.41, 5.74) is 1.58. The highest BCUT2D eigenvalue weighted by molar-refractivity contribution is 5.79. The summed E-state index contributed by atoms with van der Waals surface area (Å²) in [6.07, 6.45) is 1.27. The van der Waals surface area contributed by atoms with E-state index in [0.29, 0.717) is 17.4 Å². The molecule has 0 saturated carbocycles. The molecule has 4 aromatic rings. The number of aromatic nitrogens is 2. The molecule has 0 fully saturated rings. The third-order valence-electron chi connectivity index (χ3n) is 4.08. The minimum atomic E-state index is -0.256. The zero-order valence-electron chi connectivity index (χ0n) is 14.6. The number of carbonyl (C=O) groups is 1. The lowest BCUT2D eigenvalue weighted by molar-refractivity contribution is -0.123. The van der Waals surface area contributed by atoms with Gasteiger partial charge in [-0.05, 0) is 43.3 Å². The van der Waals surface area contributed by atoms with Crippen molar-refractivity contribution in [3.05, 3.63) is 66.8 Å². The van der Waals surface area contributed by atoms with Gasteiger partial charge in [0.1, 0.15) is 17.1 Å². The number of furan rings is 1. The van der Waals surface area contributed by atoms with Crippen LogP contribution in [0.1, 0.15) is 18.7 Å². The number of nitrogens with one attached hydrogen (secondary N) is 1. The van der Waals surface area contributed by atoms with Gasteiger partial charge < -0.3 is 18.9 Å². The van der Waals surface area contributed by atoms with Gasteiger partial charge in [0.2, 0.25) is 12.3 Å². The van der Waals surface area contributed by atoms with Crippen LogP contribution in [0, 0.1) is 0 Å². The van der Waals surface area contributed by atoms with Gasteiger partial charge in [-0.15, -0.1) is 10.2 Å². The zero-order chi connectivity index (χ0) is 18.6. The highest BCUT2D eigenvalue weighted by atomic mass is 16.5. The molecule has 27 heavy (non-hydrogen) atoms. The van der Waals surface area contributed by atoms with Crippen LogP contribution in [0.3, 0.4) is 0 Å². The third-order valence-corrected chi connectivity index (χ3v) is 4.08. The Hall–Kier alpha value is -3.61. The second kappa shape index (κ2) is 7.33. The summed E-state index contributed by atoms with van der Waals surface area (Å²) in [5, 5.41) is 11.4. The number of benzene rings is 2. The van der Waals surface area contributed by atoms with Gasteiger partial charge >= 0.3 is 0 Å². The molecule has 0 unspecified atom stereocenters. The summed E-state index contributed by atoms with van der Waals surface area (Å²) >= 11 is 0. The first-order valence-corrected chi connectivity index (χ1v) is 8.46. The summed E-state index contributed by atoms with van der Waals surface area (Å²) in [6.45, 7) is 1.78. The van der Waals surface area contributed by atoms with Crippen molar-refractivity contribution in [1.82, 2.24) is 15.5 Å². The molecule has 2 aromatic heterocycles. The molecule has 0 aliphatic carbocycles. The number of fused-ring (bicyclic) bond motifs is 1. The molecule has 0 bridgehead atoms. The molecule has 2 aromatic carbocycles. The Bertz CT molecular complexity index is 1010. The molecule has 0 spiro atoms. The van der Waals surface area contributed by atoms with Crippen LogP contribution in [-0.2, 0) is 4.79 Å². The van der Waals surface area contributed by atoms with Gasteiger partial charge in [-0.1, -0.05) is 18.2 Å². The van der Waals surface area contributed by atoms with Crippen LogP contribution in [0.15, 0.2) is 69.8 Å². The van der Waals surface area contributed by atoms with Crippen LogP contribution < -0.4 is 10.1 Å². The minimum Gasteiger partial charge on any atom is -0.484 e. The Labute approximate surface area is 155 Å². The molecule has 0 aliphatic rings. The van der Waals surface area contributed by atoms with Gasteiger partial charge in [0.15, 0.2) is 6.61 Å². The van der Waals surface area contributed by atoms with Crippen LogP contribution in [0.2, 0.25) is 0 Å². The lowest BCUT2D eigenvalue weighted by Crippen LogP contribution is -2.31. The number of nitrogens with zero attached hydrogens (tertiary/aromatic N) is 2. The molecule has 136 valence electrons. The van der Waals surface area contributed by atoms with E-state index in [2.05, 4.69) is 15.5 Å². The molecule has 1 N–H and O–H groups in total. The van der Waals surface area contributed by atoms with Crippen LogP contribution in [0.5, 0.6) is 5.75 Å². The van der Waals surface area contributed by atoms with Crippen molar-refractivity contribution in [2.75, 3.05) is 6.61 Å². The zero-order valence-corrected chi connectivity index (χ0v) is 14.6. The molecule has 7 nitrogen and oxygen atoms in total. The molecule has 2 heterocycles. The molecule has 0 saturated heterocycles. The van der Waals surface area contributed by atoms with Crippen molar-refractivity contribution >= 4 is 16.9 Å². The summed E-state index contributed by atoms with van der Waals surface area (Å²) in [5.74, 6) is 1.47. The van der Waals surface area contributed by atoms with Gasteiger partial charge in [-0.2, -0.15) is 0 Å². The van der Waals surface area contributed by atoms with Gasteiger partial charge in [-0.25, -0.2) is 0 Å². The largest absolute Gasteiger partial charge is 0.484 e. The number of ether oxygens (including phenoxy) is 1. The second-order valence-electron chi connectivity index (χ2n) is 6.03. The van der Waals surface area contributed by atoms with Crippen molar-refractivity contribution in [1.29, 1.82) is 0 Å². The molecule has 0 aliphatic heterocycles. The number of amides is 1. The predicted molar refractivity (Wildman–Crippen MR) is 98.0 cm³/mol. The van der Waals surface area contributed by atoms with Gasteiger partial charge in [-0.3, -0.25) is 4.79 Å². The van der Waals surface area contributed by atoms with Gasteiger partial charge in [0.25, 0.3) is 5.91 Å². The van der Waals surface area contributed by atoms with Crippen molar-refractivity contribution in [3.63, 3.8) is 0 Å². The van der Waals surface area contributed by atoms with Crippen molar-refractivity contribution in [2.45, 2.75) is 13.0 Å². The quantitative estimate of drug-likeness (QED) is 0.561. The molecular weight excluding hydrogens is 346 g/mol. The normalized spacial score (nSPS) is 12.0. The summed E-state index contributed by atoms with van der Waals surface area (Å²) in [4.78, 5) is 12.2. The monoisotopic (exact) mass is 363 g/mol. The van der Waals surface area contributed by atoms with Gasteiger partial charge in [0, 0.05) is 10.9 Å². The van der Waals surface area contributed by atoms with Crippen molar-refractivity contribution in [3.8, 4) is 17.2 Å². The Morgan fingerprint density at radius 3 is 2.74 bits per heavy atom. The van der Waals surface area contributed by atoms with E-state index >= 15 is 0 Å². The maximum Gasteiger partial charge on any atom is 0.258 e. The molecule has 1 atom stereocenters. The van der Waals surface area contributed by atoms with Crippen LogP contribution in [0.25, 0.3) is 22.4 Å². The van der Waals surface area contributed by atoms with E-state index in [0.717, 1.165) is 16.5 Å². The second-order valence-corrected chi connectivity index (χ2v) is 6.03. The lowest BCUT2D eigenvalue weighted by Gasteiger charge is -2.12. The highest BCUT2D eigenvalue weighted by Gasteiger charge is 2.14. The number of rotatable bonds is 6. The van der Waals surface area contributed by atoms with Crippen LogP contribution in [-0.4, -0.2) is 22.7 Å². The fraction of sp³-hybridized carbons (Fsp3) is 0.150. The topological polar surface area (TPSA) is 90.4 Å². The SMILES string of the molecule is C[C@@H](NC(=O)COc1ccc(-c2nnco2)cc1)c1cc2ccccc2o1. The predicted octanol–water partition coefficient (Wildman–Crippen LogP) is 3.74. The molecule has 1 amide bonds. The van der Waals surface area contributed by atoms with E-state index < -0.39 is 0 Å². The first kappa shape index (κ1) is 16.8. The molecule has 0 radical (unpaired) electrons. The first-order chi connectivity index (χ1) is 13.2. The van der Waals surface area contributed by atoms with Crippen LogP contribution in [0.4, 0.5) is 0 Å². The van der Waals surface area contributed by atoms with E-state index in [4.69, 9.17) is 13.6 Å². The maximum atomic E-state index is 12.2.